The predicted molar refractivity (Wildman–Crippen MR) is 99.3 cm³/mol. The van der Waals surface area contributed by atoms with E-state index in [1.807, 2.05) is 20.8 Å². The van der Waals surface area contributed by atoms with Crippen LogP contribution in [0.4, 0.5) is 0 Å². The number of nitrogens with zero attached hydrogens (tertiary/aromatic N) is 2. The van der Waals surface area contributed by atoms with Crippen LogP contribution in [0.15, 0.2) is 4.52 Å². The van der Waals surface area contributed by atoms with E-state index in [-0.39, 0.29) is 18.3 Å². The fraction of sp³-hybridized carbons (Fsp3) is 0.632. The Labute approximate surface area is 153 Å². The molecule has 2 rings (SSSR count). The van der Waals surface area contributed by atoms with Crippen molar-refractivity contribution in [3.8, 4) is 0 Å². The van der Waals surface area contributed by atoms with Crippen LogP contribution in [0.3, 0.4) is 0 Å². The monoisotopic (exact) mass is 364 g/mol. The molecule has 2 heterocycles. The molecular weight excluding hydrogens is 336 g/mol. The number of aliphatic hydroxyl groups is 1. The summed E-state index contributed by atoms with van der Waals surface area (Å²) < 4.78 is 5.36. The van der Waals surface area contributed by atoms with Gasteiger partial charge in [-0.15, -0.1) is 11.3 Å². The van der Waals surface area contributed by atoms with E-state index in [4.69, 9.17) is 9.63 Å². The molecule has 0 amide bonds. The van der Waals surface area contributed by atoms with Gasteiger partial charge in [-0.1, -0.05) is 25.4 Å². The van der Waals surface area contributed by atoms with Crippen molar-refractivity contribution in [1.82, 2.24) is 10.1 Å². The Morgan fingerprint density at radius 2 is 2.04 bits per heavy atom. The lowest BCUT2D eigenvalue weighted by atomic mass is 10.0. The molecule has 0 aliphatic heterocycles. The summed E-state index contributed by atoms with van der Waals surface area (Å²) >= 11 is 1.48. The van der Waals surface area contributed by atoms with Gasteiger partial charge in [0, 0.05) is 25.0 Å². The molecule has 25 heavy (non-hydrogen) atoms. The molecule has 6 heteroatoms. The maximum absolute atomic E-state index is 12.3. The van der Waals surface area contributed by atoms with Gasteiger partial charge in [-0.2, -0.15) is 0 Å². The van der Waals surface area contributed by atoms with Crippen molar-refractivity contribution < 1.29 is 14.4 Å². The highest BCUT2D eigenvalue weighted by Gasteiger charge is 2.19. The highest BCUT2D eigenvalue weighted by atomic mass is 32.1. The molecule has 0 bridgehead atoms. The summed E-state index contributed by atoms with van der Waals surface area (Å²) in [5.41, 5.74) is 3.03. The number of unbranched alkanes of at least 4 members (excludes halogenated alkanes) is 1. The van der Waals surface area contributed by atoms with Gasteiger partial charge in [0.1, 0.15) is 5.76 Å². The van der Waals surface area contributed by atoms with Gasteiger partial charge >= 0.3 is 0 Å². The number of thiazole rings is 1. The minimum atomic E-state index is -0.0155. The van der Waals surface area contributed by atoms with Gasteiger partial charge < -0.3 is 9.63 Å². The number of Topliss-reactive ketones (excluding diaryl/α,β-unsaturated/α-hetero) is 1. The Morgan fingerprint density at radius 3 is 2.72 bits per heavy atom. The normalized spacial score (nSPS) is 12.5. The summed E-state index contributed by atoms with van der Waals surface area (Å²) in [7, 11) is 0. The van der Waals surface area contributed by atoms with E-state index in [2.05, 4.69) is 17.1 Å². The number of hydrogen-bond donors (Lipinski definition) is 1. The zero-order valence-corrected chi connectivity index (χ0v) is 16.4. The van der Waals surface area contributed by atoms with E-state index in [0.717, 1.165) is 59.1 Å². The predicted octanol–water partition coefficient (Wildman–Crippen LogP) is 4.08. The first-order valence-electron chi connectivity index (χ1n) is 9.00. The Morgan fingerprint density at radius 1 is 1.28 bits per heavy atom. The van der Waals surface area contributed by atoms with Crippen LogP contribution in [0, 0.1) is 19.8 Å². The van der Waals surface area contributed by atoms with Gasteiger partial charge in [0.15, 0.2) is 5.78 Å². The molecule has 0 aromatic carbocycles. The SMILES string of the molecule is CCCCc1noc(C)c1CCc1nc(C)c(C(=O)C[C@H](C)CO)s1. The highest BCUT2D eigenvalue weighted by Crippen LogP contribution is 2.24. The Hall–Kier alpha value is -1.53. The van der Waals surface area contributed by atoms with Gasteiger partial charge in [0.25, 0.3) is 0 Å². The van der Waals surface area contributed by atoms with Gasteiger partial charge in [-0.05, 0) is 39.0 Å². The average molecular weight is 365 g/mol. The zero-order chi connectivity index (χ0) is 18.4. The maximum atomic E-state index is 12.3. The average Bonchev–Trinajstić information content (AvgIpc) is 3.13. The molecule has 138 valence electrons. The molecule has 0 saturated carbocycles. The van der Waals surface area contributed by atoms with E-state index in [0.29, 0.717) is 6.42 Å². The van der Waals surface area contributed by atoms with E-state index in [9.17, 15) is 4.79 Å². The third kappa shape index (κ3) is 5.22. The number of hydrogen-bond acceptors (Lipinski definition) is 6. The van der Waals surface area contributed by atoms with Crippen molar-refractivity contribution in [2.24, 2.45) is 5.92 Å². The number of rotatable bonds is 10. The topological polar surface area (TPSA) is 76.2 Å². The third-order valence-corrected chi connectivity index (χ3v) is 5.62. The molecule has 5 nitrogen and oxygen atoms in total. The van der Waals surface area contributed by atoms with E-state index in [1.54, 1.807) is 0 Å². The third-order valence-electron chi connectivity index (χ3n) is 4.36. The molecule has 0 spiro atoms. The lowest BCUT2D eigenvalue weighted by molar-refractivity contribution is 0.0946. The fourth-order valence-electron chi connectivity index (χ4n) is 2.82. The van der Waals surface area contributed by atoms with Crippen molar-refractivity contribution in [1.29, 1.82) is 0 Å². The van der Waals surface area contributed by atoms with Gasteiger partial charge in [-0.3, -0.25) is 4.79 Å². The molecule has 0 unspecified atom stereocenters. The summed E-state index contributed by atoms with van der Waals surface area (Å²) in [5, 5.41) is 14.3. The van der Waals surface area contributed by atoms with E-state index < -0.39 is 0 Å². The fourth-order valence-corrected chi connectivity index (χ4v) is 3.83. The molecule has 1 N–H and O–H groups in total. The Kier molecular flexibility index (Phi) is 7.32. The summed E-state index contributed by atoms with van der Waals surface area (Å²) in [6.45, 7) is 7.91. The molecule has 2 aromatic rings. The molecule has 0 radical (unpaired) electrons. The second-order valence-electron chi connectivity index (χ2n) is 6.70. The van der Waals surface area contributed by atoms with Crippen LogP contribution in [0.1, 0.15) is 70.5 Å². The number of aliphatic hydroxyl groups excluding tert-OH is 1. The van der Waals surface area contributed by atoms with Crippen molar-refractivity contribution in [3.63, 3.8) is 0 Å². The number of carbonyl (C=O) groups is 1. The minimum absolute atomic E-state index is 0.0155. The molecule has 2 aromatic heterocycles. The summed E-state index contributed by atoms with van der Waals surface area (Å²) in [6, 6.07) is 0. The number of ketones is 1. The van der Waals surface area contributed by atoms with Crippen molar-refractivity contribution in [2.75, 3.05) is 6.61 Å². The van der Waals surface area contributed by atoms with E-state index in [1.165, 1.54) is 16.9 Å². The van der Waals surface area contributed by atoms with Crippen LogP contribution < -0.4 is 0 Å². The van der Waals surface area contributed by atoms with Crippen LogP contribution in [-0.4, -0.2) is 27.6 Å². The first kappa shape index (κ1) is 19.8. The van der Waals surface area contributed by atoms with Crippen LogP contribution in [0.2, 0.25) is 0 Å². The molecule has 0 saturated heterocycles. The standard InChI is InChI=1S/C19H28N2O3S/c1-5-6-7-16-15(14(4)24-21-16)8-9-18-20-13(3)19(25-18)17(23)10-12(2)11-22/h12,22H,5-11H2,1-4H3/t12-/m0/s1. The van der Waals surface area contributed by atoms with Crippen LogP contribution in [0.5, 0.6) is 0 Å². The van der Waals surface area contributed by atoms with Crippen LogP contribution >= 0.6 is 11.3 Å². The Balaban J connectivity index is 2.04. The molecule has 1 atom stereocenters. The molecule has 0 aliphatic carbocycles. The highest BCUT2D eigenvalue weighted by molar-refractivity contribution is 7.13. The van der Waals surface area contributed by atoms with Crippen molar-refractivity contribution in [2.45, 2.75) is 66.2 Å². The minimum Gasteiger partial charge on any atom is -0.396 e. The quantitative estimate of drug-likeness (QED) is 0.643. The second kappa shape index (κ2) is 9.25. The number of carbonyl (C=O) groups excluding carboxylic acids is 1. The lowest BCUT2D eigenvalue weighted by Gasteiger charge is -2.04. The summed E-state index contributed by atoms with van der Waals surface area (Å²) in [6.07, 6.45) is 5.18. The van der Waals surface area contributed by atoms with Crippen LogP contribution in [0.25, 0.3) is 0 Å². The first-order valence-corrected chi connectivity index (χ1v) is 9.82. The van der Waals surface area contributed by atoms with Gasteiger partial charge in [0.2, 0.25) is 0 Å². The van der Waals surface area contributed by atoms with E-state index >= 15 is 0 Å². The number of aromatic nitrogens is 2. The molecule has 0 aliphatic rings. The largest absolute Gasteiger partial charge is 0.396 e. The molecule has 0 fully saturated rings. The Bertz CT molecular complexity index is 706. The van der Waals surface area contributed by atoms with Gasteiger partial charge in [0.05, 0.1) is 21.3 Å². The maximum Gasteiger partial charge on any atom is 0.175 e. The second-order valence-corrected chi connectivity index (χ2v) is 7.79. The zero-order valence-electron chi connectivity index (χ0n) is 15.6. The first-order chi connectivity index (χ1) is 12.0. The summed E-state index contributed by atoms with van der Waals surface area (Å²) in [4.78, 5) is 17.6. The van der Waals surface area contributed by atoms with Crippen LogP contribution in [-0.2, 0) is 19.3 Å². The van der Waals surface area contributed by atoms with Gasteiger partial charge in [-0.25, -0.2) is 4.98 Å². The molecular formula is C19H28N2O3S. The smallest absolute Gasteiger partial charge is 0.175 e. The number of aryl methyl sites for hydroxylation is 4. The van der Waals surface area contributed by atoms with Crippen molar-refractivity contribution in [3.05, 3.63) is 32.6 Å². The lowest BCUT2D eigenvalue weighted by Crippen LogP contribution is -2.08. The van der Waals surface area contributed by atoms with Crippen molar-refractivity contribution >= 4 is 17.1 Å². The summed E-state index contributed by atoms with van der Waals surface area (Å²) in [5.74, 6) is 0.943.